The topological polar surface area (TPSA) is 77.5 Å². The molecule has 1 atom stereocenters. The third kappa shape index (κ3) is 5.96. The molecule has 0 aliphatic rings. The van der Waals surface area contributed by atoms with E-state index in [2.05, 4.69) is 0 Å². The number of benzene rings is 4. The average Bonchev–Trinajstić information content (AvgIpc) is 2.88. The third-order valence-electron chi connectivity index (χ3n) is 5.83. The van der Waals surface area contributed by atoms with Crippen molar-refractivity contribution in [2.75, 3.05) is 0 Å². The van der Waals surface area contributed by atoms with E-state index in [1.54, 1.807) is 72.8 Å². The lowest BCUT2D eigenvalue weighted by Crippen LogP contribution is -2.20. The van der Waals surface area contributed by atoms with Crippen molar-refractivity contribution >= 4 is 21.6 Å². The molecule has 4 aromatic carbocycles. The molecule has 0 aliphatic carbocycles. The number of hydrogen-bond donors (Lipinski definition) is 0. The number of carbonyl (C=O) groups excluding carboxylic acids is 2. The molecule has 4 aromatic rings. The smallest absolute Gasteiger partial charge is 0.339 e. The first-order chi connectivity index (χ1) is 17.2. The van der Waals surface area contributed by atoms with Crippen LogP contribution >= 0.6 is 0 Å². The number of ether oxygens (including phenoxy) is 1. The molecule has 0 aromatic heterocycles. The van der Waals surface area contributed by atoms with Crippen molar-refractivity contribution in [1.29, 1.82) is 0 Å². The molecule has 0 bridgehead atoms. The Morgan fingerprint density at radius 2 is 1.22 bits per heavy atom. The van der Waals surface area contributed by atoms with Crippen LogP contribution in [0.2, 0.25) is 0 Å². The van der Waals surface area contributed by atoms with Crippen molar-refractivity contribution in [2.24, 2.45) is 0 Å². The number of aryl methyl sites for hydroxylation is 2. The summed E-state index contributed by atoms with van der Waals surface area (Å²) in [6.07, 6.45) is -1.11. The summed E-state index contributed by atoms with van der Waals surface area (Å²) in [5.41, 5.74) is 3.78. The third-order valence-corrected chi connectivity index (χ3v) is 7.53. The van der Waals surface area contributed by atoms with E-state index in [1.807, 2.05) is 32.0 Å². The zero-order valence-electron chi connectivity index (χ0n) is 20.0. The minimum absolute atomic E-state index is 0.191. The fourth-order valence-corrected chi connectivity index (χ4v) is 5.08. The van der Waals surface area contributed by atoms with Gasteiger partial charge in [0.05, 0.1) is 16.2 Å². The summed E-state index contributed by atoms with van der Waals surface area (Å²) >= 11 is 0. The van der Waals surface area contributed by atoms with Crippen molar-refractivity contribution in [3.8, 4) is 0 Å². The van der Waals surface area contributed by atoms with Crippen molar-refractivity contribution in [2.45, 2.75) is 30.6 Å². The Bertz CT molecular complexity index is 1460. The number of carbonyl (C=O) groups is 2. The molecule has 4 rings (SSSR count). The molecule has 0 N–H and O–H groups in total. The predicted molar refractivity (Wildman–Crippen MR) is 139 cm³/mol. The first-order valence-corrected chi connectivity index (χ1v) is 13.1. The lowest BCUT2D eigenvalue weighted by molar-refractivity contribution is 0.0280. The number of ketones is 1. The fraction of sp³-hybridized carbons (Fsp3) is 0.133. The van der Waals surface area contributed by atoms with Gasteiger partial charge in [0, 0.05) is 11.1 Å². The highest BCUT2D eigenvalue weighted by atomic mass is 32.2. The monoisotopic (exact) mass is 498 g/mol. The molecule has 0 spiro atoms. The summed E-state index contributed by atoms with van der Waals surface area (Å²) in [6, 6.07) is 28.8. The normalized spacial score (nSPS) is 12.1. The molecule has 5 nitrogen and oxygen atoms in total. The average molecular weight is 499 g/mol. The zero-order valence-corrected chi connectivity index (χ0v) is 20.9. The first kappa shape index (κ1) is 25.1. The van der Waals surface area contributed by atoms with Gasteiger partial charge in [0.2, 0.25) is 5.78 Å². The molecular weight excluding hydrogens is 472 g/mol. The van der Waals surface area contributed by atoms with E-state index in [-0.39, 0.29) is 22.0 Å². The van der Waals surface area contributed by atoms with Crippen LogP contribution in [-0.4, -0.2) is 20.2 Å². The van der Waals surface area contributed by atoms with E-state index in [0.717, 1.165) is 11.1 Å². The number of hydrogen-bond acceptors (Lipinski definition) is 5. The Morgan fingerprint density at radius 1 is 0.694 bits per heavy atom. The van der Waals surface area contributed by atoms with Crippen LogP contribution in [-0.2, 0) is 20.3 Å². The van der Waals surface area contributed by atoms with Crippen LogP contribution in [0.3, 0.4) is 0 Å². The van der Waals surface area contributed by atoms with Gasteiger partial charge in [-0.2, -0.15) is 0 Å². The summed E-state index contributed by atoms with van der Waals surface area (Å²) in [7, 11) is -3.52. The van der Waals surface area contributed by atoms with E-state index < -0.39 is 21.9 Å². The maximum absolute atomic E-state index is 13.2. The van der Waals surface area contributed by atoms with Crippen LogP contribution in [0.25, 0.3) is 0 Å². The Morgan fingerprint density at radius 3 is 1.81 bits per heavy atom. The molecule has 0 unspecified atom stereocenters. The number of Topliss-reactive ketones (excluding diaryl/α,β-unsaturated/α-hetero) is 1. The lowest BCUT2D eigenvalue weighted by atomic mass is 9.99. The fourth-order valence-electron chi connectivity index (χ4n) is 3.73. The minimum Gasteiger partial charge on any atom is -0.445 e. The molecule has 0 aliphatic heterocycles. The minimum atomic E-state index is -3.52. The molecule has 182 valence electrons. The molecule has 0 radical (unpaired) electrons. The molecule has 0 fully saturated rings. The van der Waals surface area contributed by atoms with Crippen molar-refractivity contribution in [3.63, 3.8) is 0 Å². The van der Waals surface area contributed by atoms with Gasteiger partial charge in [-0.1, -0.05) is 90.0 Å². The summed E-state index contributed by atoms with van der Waals surface area (Å²) in [4.78, 5) is 26.5. The highest BCUT2D eigenvalue weighted by Crippen LogP contribution is 2.25. The number of rotatable bonds is 8. The van der Waals surface area contributed by atoms with E-state index in [0.29, 0.717) is 16.7 Å². The van der Waals surface area contributed by atoms with E-state index >= 15 is 0 Å². The Hall–Kier alpha value is -4.03. The van der Waals surface area contributed by atoms with Gasteiger partial charge in [-0.15, -0.1) is 0 Å². The van der Waals surface area contributed by atoms with Crippen molar-refractivity contribution in [1.82, 2.24) is 0 Å². The second-order valence-corrected chi connectivity index (χ2v) is 10.7. The molecule has 0 saturated heterocycles. The predicted octanol–water partition coefficient (Wildman–Crippen LogP) is 6.06. The molecular formula is C30H26O5S. The Balaban J connectivity index is 1.52. The summed E-state index contributed by atoms with van der Waals surface area (Å²) in [6.45, 7) is 3.82. The summed E-state index contributed by atoms with van der Waals surface area (Å²) in [5.74, 6) is -1.18. The maximum Gasteiger partial charge on any atom is 0.339 e. The Labute approximate surface area is 211 Å². The number of esters is 1. The van der Waals surface area contributed by atoms with Crippen LogP contribution in [0.15, 0.2) is 108 Å². The standard InChI is InChI=1S/C30H26O5S/c1-21-8-14-24(15-9-21)28(31)29(25-6-4-3-5-7-25)35-30(32)26-16-12-23(13-17-26)20-36(33,34)27-18-10-22(2)11-19-27/h3-19,29H,20H2,1-2H3/t29-/m1/s1. The van der Waals surface area contributed by atoms with Gasteiger partial charge in [-0.3, -0.25) is 4.79 Å². The second-order valence-electron chi connectivity index (χ2n) is 8.70. The van der Waals surface area contributed by atoms with Gasteiger partial charge in [-0.25, -0.2) is 13.2 Å². The Kier molecular flexibility index (Phi) is 7.46. The van der Waals surface area contributed by atoms with E-state index in [9.17, 15) is 18.0 Å². The molecule has 0 heterocycles. The van der Waals surface area contributed by atoms with Crippen LogP contribution < -0.4 is 0 Å². The van der Waals surface area contributed by atoms with E-state index in [1.165, 1.54) is 12.1 Å². The summed E-state index contributed by atoms with van der Waals surface area (Å²) < 4.78 is 31.2. The zero-order chi connectivity index (χ0) is 25.7. The highest BCUT2D eigenvalue weighted by Gasteiger charge is 2.27. The van der Waals surface area contributed by atoms with Gasteiger partial charge >= 0.3 is 5.97 Å². The van der Waals surface area contributed by atoms with Gasteiger partial charge < -0.3 is 4.74 Å². The SMILES string of the molecule is Cc1ccc(C(=O)[C@H](OC(=O)c2ccc(CS(=O)(=O)c3ccc(C)cc3)cc2)c2ccccc2)cc1. The maximum atomic E-state index is 13.2. The molecule has 0 amide bonds. The van der Waals surface area contributed by atoms with Crippen molar-refractivity contribution < 1.29 is 22.7 Å². The quantitative estimate of drug-likeness (QED) is 0.218. The second kappa shape index (κ2) is 10.7. The van der Waals surface area contributed by atoms with Gasteiger partial charge in [0.1, 0.15) is 0 Å². The van der Waals surface area contributed by atoms with Crippen LogP contribution in [0.4, 0.5) is 0 Å². The number of sulfone groups is 1. The lowest BCUT2D eigenvalue weighted by Gasteiger charge is -2.18. The van der Waals surface area contributed by atoms with Gasteiger partial charge in [0.15, 0.2) is 15.9 Å². The molecule has 0 saturated carbocycles. The van der Waals surface area contributed by atoms with Crippen LogP contribution in [0.5, 0.6) is 0 Å². The summed E-state index contributed by atoms with van der Waals surface area (Å²) in [5, 5.41) is 0. The molecule has 6 heteroatoms. The van der Waals surface area contributed by atoms with Crippen molar-refractivity contribution in [3.05, 3.63) is 137 Å². The van der Waals surface area contributed by atoms with Gasteiger partial charge in [0.25, 0.3) is 0 Å². The van der Waals surface area contributed by atoms with Crippen LogP contribution in [0, 0.1) is 13.8 Å². The van der Waals surface area contributed by atoms with E-state index in [4.69, 9.17) is 4.74 Å². The molecule has 36 heavy (non-hydrogen) atoms. The highest BCUT2D eigenvalue weighted by molar-refractivity contribution is 7.90. The first-order valence-electron chi connectivity index (χ1n) is 11.5. The van der Waals surface area contributed by atoms with Crippen LogP contribution in [0.1, 0.15) is 49.1 Å². The van der Waals surface area contributed by atoms with Gasteiger partial charge in [-0.05, 0) is 43.7 Å². The largest absolute Gasteiger partial charge is 0.445 e.